The highest BCUT2D eigenvalue weighted by Crippen LogP contribution is 2.39. The van der Waals surface area contributed by atoms with Crippen LogP contribution in [0.2, 0.25) is 0 Å². The van der Waals surface area contributed by atoms with Crippen molar-refractivity contribution in [2.75, 3.05) is 0 Å². The lowest BCUT2D eigenvalue weighted by molar-refractivity contribution is -0.0328. The van der Waals surface area contributed by atoms with E-state index in [9.17, 15) is 13.2 Å². The van der Waals surface area contributed by atoms with Crippen LogP contribution < -0.4 is 0 Å². The molecule has 150 valence electrons. The summed E-state index contributed by atoms with van der Waals surface area (Å²) in [6, 6.07) is 18.4. The van der Waals surface area contributed by atoms with Gasteiger partial charge in [-0.3, -0.25) is 0 Å². The SMILES string of the molecule is FC(F)(F)Sc1ccc(-c2nc3c4ccc(Br)cc4c4cc(Br)ccc4c3[nH]2)cc1. The third-order valence-corrected chi connectivity index (χ3v) is 6.57. The predicted molar refractivity (Wildman–Crippen MR) is 124 cm³/mol. The summed E-state index contributed by atoms with van der Waals surface area (Å²) < 4.78 is 39.7. The van der Waals surface area contributed by atoms with E-state index < -0.39 is 5.51 Å². The Morgan fingerprint density at radius 1 is 0.767 bits per heavy atom. The van der Waals surface area contributed by atoms with E-state index in [0.29, 0.717) is 5.82 Å². The van der Waals surface area contributed by atoms with Crippen LogP contribution in [0.25, 0.3) is 44.0 Å². The molecule has 1 N–H and O–H groups in total. The molecule has 0 aliphatic rings. The lowest BCUT2D eigenvalue weighted by Gasteiger charge is -2.07. The lowest BCUT2D eigenvalue weighted by Crippen LogP contribution is -1.98. The highest BCUT2D eigenvalue weighted by Gasteiger charge is 2.29. The van der Waals surface area contributed by atoms with Gasteiger partial charge in [0.05, 0.1) is 11.0 Å². The molecule has 0 spiro atoms. The maximum atomic E-state index is 12.6. The second-order valence-corrected chi connectivity index (χ2v) is 9.73. The maximum Gasteiger partial charge on any atom is 0.446 e. The van der Waals surface area contributed by atoms with E-state index in [0.717, 1.165) is 47.1 Å². The summed E-state index contributed by atoms with van der Waals surface area (Å²) in [4.78, 5) is 8.33. The van der Waals surface area contributed by atoms with Crippen LogP contribution in [0.3, 0.4) is 0 Å². The molecule has 0 radical (unpaired) electrons. The zero-order valence-corrected chi connectivity index (χ0v) is 19.0. The van der Waals surface area contributed by atoms with E-state index in [1.165, 1.54) is 12.1 Å². The molecule has 5 rings (SSSR count). The van der Waals surface area contributed by atoms with Gasteiger partial charge in [0.2, 0.25) is 0 Å². The Labute approximate surface area is 190 Å². The van der Waals surface area contributed by atoms with Crippen molar-refractivity contribution in [3.63, 3.8) is 0 Å². The molecule has 30 heavy (non-hydrogen) atoms. The number of thioether (sulfide) groups is 1. The molecule has 8 heteroatoms. The summed E-state index contributed by atoms with van der Waals surface area (Å²) in [5, 5.41) is 4.19. The molecule has 5 aromatic rings. The number of fused-ring (bicyclic) bond motifs is 6. The number of imidazole rings is 1. The van der Waals surface area contributed by atoms with E-state index in [2.05, 4.69) is 49.0 Å². The molecule has 0 aliphatic heterocycles. The van der Waals surface area contributed by atoms with Crippen LogP contribution in [0.5, 0.6) is 0 Å². The summed E-state index contributed by atoms with van der Waals surface area (Å²) in [5.74, 6) is 0.619. The highest BCUT2D eigenvalue weighted by molar-refractivity contribution is 9.10. The summed E-state index contributed by atoms with van der Waals surface area (Å²) >= 11 is 6.98. The van der Waals surface area contributed by atoms with Crippen LogP contribution in [-0.2, 0) is 0 Å². The molecule has 4 aromatic carbocycles. The summed E-state index contributed by atoms with van der Waals surface area (Å²) in [5.41, 5.74) is -1.85. The molecule has 0 amide bonds. The third kappa shape index (κ3) is 3.61. The largest absolute Gasteiger partial charge is 0.446 e. The Hall–Kier alpha value is -2.03. The first-order valence-corrected chi connectivity index (χ1v) is 11.3. The van der Waals surface area contributed by atoms with Crippen molar-refractivity contribution >= 4 is 76.2 Å². The number of halogens is 5. The van der Waals surface area contributed by atoms with Crippen LogP contribution in [0.15, 0.2) is 74.5 Å². The summed E-state index contributed by atoms with van der Waals surface area (Å²) in [7, 11) is 0. The minimum atomic E-state index is -4.30. The zero-order chi connectivity index (χ0) is 21.0. The number of aromatic amines is 1. The Balaban J connectivity index is 1.73. The van der Waals surface area contributed by atoms with Gasteiger partial charge in [-0.2, -0.15) is 13.2 Å². The van der Waals surface area contributed by atoms with Crippen molar-refractivity contribution in [3.8, 4) is 11.4 Å². The van der Waals surface area contributed by atoms with Gasteiger partial charge in [-0.25, -0.2) is 4.98 Å². The predicted octanol–water partition coefficient (Wildman–Crippen LogP) is 8.67. The van der Waals surface area contributed by atoms with Crippen LogP contribution in [-0.4, -0.2) is 15.5 Å². The third-order valence-electron chi connectivity index (χ3n) is 4.84. The molecule has 0 aliphatic carbocycles. The number of rotatable bonds is 2. The number of nitrogens with one attached hydrogen (secondary N) is 1. The number of H-pyrrole nitrogens is 1. The fraction of sp³-hybridized carbons (Fsp3) is 0.0455. The number of alkyl halides is 3. The standard InChI is InChI=1S/C22H11Br2F3N2S/c23-12-3-7-15-17(9-12)18-10-13(24)4-8-16(18)20-19(15)28-21(29-20)11-1-5-14(6-2-11)30-22(25,26)27/h1-10H,(H,28,29). The molecule has 0 saturated heterocycles. The molecule has 1 aromatic heterocycles. The Kier molecular flexibility index (Phi) is 4.83. The second-order valence-electron chi connectivity index (χ2n) is 6.76. The van der Waals surface area contributed by atoms with E-state index in [-0.39, 0.29) is 16.7 Å². The Bertz CT molecular complexity index is 1350. The number of hydrogen-bond donors (Lipinski definition) is 1. The molecule has 2 nitrogen and oxygen atoms in total. The van der Waals surface area contributed by atoms with E-state index in [4.69, 9.17) is 4.98 Å². The zero-order valence-electron chi connectivity index (χ0n) is 15.0. The molecule has 0 bridgehead atoms. The van der Waals surface area contributed by atoms with Crippen molar-refractivity contribution < 1.29 is 13.2 Å². The van der Waals surface area contributed by atoms with Gasteiger partial charge in [0.25, 0.3) is 0 Å². The van der Waals surface area contributed by atoms with Gasteiger partial charge in [0.1, 0.15) is 5.82 Å². The second kappa shape index (κ2) is 7.28. The van der Waals surface area contributed by atoms with Gasteiger partial charge in [-0.15, -0.1) is 0 Å². The first-order valence-electron chi connectivity index (χ1n) is 8.85. The maximum absolute atomic E-state index is 12.6. The summed E-state index contributed by atoms with van der Waals surface area (Å²) in [6.07, 6.45) is 0. The smallest absolute Gasteiger partial charge is 0.337 e. The topological polar surface area (TPSA) is 28.7 Å². The van der Waals surface area contributed by atoms with Crippen molar-refractivity contribution in [3.05, 3.63) is 69.6 Å². The fourth-order valence-electron chi connectivity index (χ4n) is 3.62. The monoisotopic (exact) mass is 550 g/mol. The molecule has 0 unspecified atom stereocenters. The molecule has 0 atom stereocenters. The van der Waals surface area contributed by atoms with Crippen molar-refractivity contribution in [1.82, 2.24) is 9.97 Å². The number of aromatic nitrogens is 2. The molecule has 0 saturated carbocycles. The number of nitrogens with zero attached hydrogens (tertiary/aromatic N) is 1. The first-order chi connectivity index (χ1) is 14.3. The van der Waals surface area contributed by atoms with Crippen LogP contribution >= 0.6 is 43.6 Å². The van der Waals surface area contributed by atoms with Gasteiger partial charge in [-0.05, 0) is 58.9 Å². The normalized spacial score (nSPS) is 12.3. The number of benzene rings is 4. The fourth-order valence-corrected chi connectivity index (χ4v) is 4.88. The number of hydrogen-bond acceptors (Lipinski definition) is 2. The van der Waals surface area contributed by atoms with E-state index >= 15 is 0 Å². The molecule has 1 heterocycles. The van der Waals surface area contributed by atoms with Gasteiger partial charge in [-0.1, -0.05) is 56.1 Å². The van der Waals surface area contributed by atoms with Crippen LogP contribution in [0, 0.1) is 0 Å². The van der Waals surface area contributed by atoms with E-state index in [1.807, 2.05) is 24.3 Å². The van der Waals surface area contributed by atoms with Crippen molar-refractivity contribution in [2.45, 2.75) is 10.4 Å². The quantitative estimate of drug-likeness (QED) is 0.175. The molecular formula is C22H11Br2F3N2S. The van der Waals surface area contributed by atoms with Gasteiger partial charge < -0.3 is 4.98 Å². The molecule has 0 fully saturated rings. The minimum absolute atomic E-state index is 0.123. The van der Waals surface area contributed by atoms with Crippen LogP contribution in [0.1, 0.15) is 0 Å². The summed E-state index contributed by atoms with van der Waals surface area (Å²) in [6.45, 7) is 0. The lowest BCUT2D eigenvalue weighted by atomic mass is 10.0. The van der Waals surface area contributed by atoms with Gasteiger partial charge in [0.15, 0.2) is 0 Å². The Morgan fingerprint density at radius 3 is 2.00 bits per heavy atom. The average Bonchev–Trinajstić information content (AvgIpc) is 3.13. The minimum Gasteiger partial charge on any atom is -0.337 e. The highest BCUT2D eigenvalue weighted by atomic mass is 79.9. The van der Waals surface area contributed by atoms with Gasteiger partial charge in [0, 0.05) is 30.2 Å². The first kappa shape index (κ1) is 19.9. The Morgan fingerprint density at radius 2 is 1.37 bits per heavy atom. The van der Waals surface area contributed by atoms with E-state index in [1.54, 1.807) is 12.1 Å². The average molecular weight is 552 g/mol. The van der Waals surface area contributed by atoms with Crippen molar-refractivity contribution in [2.24, 2.45) is 0 Å². The van der Waals surface area contributed by atoms with Crippen molar-refractivity contribution in [1.29, 1.82) is 0 Å². The van der Waals surface area contributed by atoms with Gasteiger partial charge >= 0.3 is 5.51 Å². The molecular weight excluding hydrogens is 541 g/mol. The van der Waals surface area contributed by atoms with Crippen LogP contribution in [0.4, 0.5) is 13.2 Å².